The van der Waals surface area contributed by atoms with Gasteiger partial charge in [0.05, 0.1) is 11.0 Å². The molecule has 0 radical (unpaired) electrons. The third-order valence-electron chi connectivity index (χ3n) is 8.10. The van der Waals surface area contributed by atoms with Crippen molar-refractivity contribution < 1.29 is 14.7 Å². The minimum atomic E-state index is -0.914. The highest BCUT2D eigenvalue weighted by atomic mass is 35.5. The van der Waals surface area contributed by atoms with Crippen molar-refractivity contribution in [1.82, 2.24) is 4.90 Å². The normalized spacial score (nSPS) is 24.5. The third-order valence-corrected chi connectivity index (χ3v) is 8.35. The van der Waals surface area contributed by atoms with Crippen LogP contribution in [0.5, 0.6) is 0 Å². The number of nitrogens with zero attached hydrogens (tertiary/aromatic N) is 1. The average Bonchev–Trinajstić information content (AvgIpc) is 3.60. The van der Waals surface area contributed by atoms with Gasteiger partial charge in [-0.1, -0.05) is 74.4 Å². The highest BCUT2D eigenvalue weighted by Gasteiger charge is 2.55. The number of halogens is 1. The Hall–Kier alpha value is -2.85. The van der Waals surface area contributed by atoms with E-state index < -0.39 is 11.4 Å². The first-order chi connectivity index (χ1) is 16.1. The molecular formula is C29H30ClNO3. The van der Waals surface area contributed by atoms with Gasteiger partial charge in [0.1, 0.15) is 0 Å². The number of hydrogen-bond donors (Lipinski definition) is 1. The fourth-order valence-corrected chi connectivity index (χ4v) is 6.30. The smallest absolute Gasteiger partial charge is 0.335 e. The Morgan fingerprint density at radius 3 is 2.18 bits per heavy atom. The zero-order valence-corrected chi connectivity index (χ0v) is 20.7. The summed E-state index contributed by atoms with van der Waals surface area (Å²) in [6, 6.07) is 14.9. The molecule has 0 spiro atoms. The largest absolute Gasteiger partial charge is 0.478 e. The van der Waals surface area contributed by atoms with Gasteiger partial charge in [0, 0.05) is 28.9 Å². The van der Waals surface area contributed by atoms with Crippen molar-refractivity contribution >= 4 is 29.1 Å². The molecule has 0 bridgehead atoms. The van der Waals surface area contributed by atoms with Crippen LogP contribution in [0.3, 0.4) is 0 Å². The van der Waals surface area contributed by atoms with Crippen LogP contribution >= 0.6 is 11.6 Å². The third kappa shape index (κ3) is 3.60. The summed E-state index contributed by atoms with van der Waals surface area (Å²) in [6.07, 6.45) is 7.17. The monoisotopic (exact) mass is 475 g/mol. The summed E-state index contributed by atoms with van der Waals surface area (Å²) in [5.74, 6) is -0.689. The summed E-state index contributed by atoms with van der Waals surface area (Å²) >= 11 is 6.07. The van der Waals surface area contributed by atoms with Gasteiger partial charge in [0.2, 0.25) is 5.91 Å². The Kier molecular flexibility index (Phi) is 5.29. The van der Waals surface area contributed by atoms with Crippen molar-refractivity contribution in [2.45, 2.75) is 45.4 Å². The number of carboxylic acids is 1. The minimum Gasteiger partial charge on any atom is -0.478 e. The number of carbonyl (C=O) groups is 2. The Bertz CT molecular complexity index is 1220. The molecule has 5 rings (SSSR count). The van der Waals surface area contributed by atoms with Gasteiger partial charge in [-0.2, -0.15) is 0 Å². The number of carbonyl (C=O) groups excluding carboxylic acids is 1. The number of carboxylic acid groups (broad SMARTS) is 1. The lowest BCUT2D eigenvalue weighted by molar-refractivity contribution is -0.135. The quantitative estimate of drug-likeness (QED) is 0.523. The maximum Gasteiger partial charge on any atom is 0.335 e. The number of aromatic carboxylic acids is 1. The molecule has 1 aliphatic heterocycles. The molecule has 3 aliphatic rings. The minimum absolute atomic E-state index is 0.127. The van der Waals surface area contributed by atoms with Crippen molar-refractivity contribution in [1.29, 1.82) is 0 Å². The van der Waals surface area contributed by atoms with E-state index in [1.165, 1.54) is 11.1 Å². The van der Waals surface area contributed by atoms with Gasteiger partial charge in [-0.3, -0.25) is 4.79 Å². The molecule has 5 heteroatoms. The Morgan fingerprint density at radius 1 is 0.941 bits per heavy atom. The fourth-order valence-electron chi connectivity index (χ4n) is 6.18. The average molecular weight is 476 g/mol. The van der Waals surface area contributed by atoms with E-state index in [-0.39, 0.29) is 16.7 Å². The van der Waals surface area contributed by atoms with Crippen LogP contribution in [0.2, 0.25) is 5.02 Å². The predicted octanol–water partition coefficient (Wildman–Crippen LogP) is 6.36. The van der Waals surface area contributed by atoms with Gasteiger partial charge in [0.15, 0.2) is 0 Å². The molecule has 1 atom stereocenters. The zero-order chi connectivity index (χ0) is 24.3. The molecule has 0 saturated heterocycles. The lowest BCUT2D eigenvalue weighted by Gasteiger charge is -2.51. The summed E-state index contributed by atoms with van der Waals surface area (Å²) in [7, 11) is 0. The van der Waals surface area contributed by atoms with Crippen LogP contribution in [0.4, 0.5) is 0 Å². The van der Waals surface area contributed by atoms with Crippen molar-refractivity contribution in [2.24, 2.45) is 10.8 Å². The highest BCUT2D eigenvalue weighted by molar-refractivity contribution is 6.30. The van der Waals surface area contributed by atoms with E-state index in [2.05, 4.69) is 32.9 Å². The van der Waals surface area contributed by atoms with E-state index in [0.29, 0.717) is 23.7 Å². The first kappa shape index (κ1) is 22.9. The van der Waals surface area contributed by atoms with E-state index in [1.807, 2.05) is 41.3 Å². The lowest BCUT2D eigenvalue weighted by Crippen LogP contribution is -2.51. The van der Waals surface area contributed by atoms with Gasteiger partial charge in [-0.25, -0.2) is 4.79 Å². The maximum absolute atomic E-state index is 13.7. The van der Waals surface area contributed by atoms with Crippen LogP contribution in [-0.4, -0.2) is 35.0 Å². The van der Waals surface area contributed by atoms with Crippen LogP contribution in [0, 0.1) is 10.8 Å². The second-order valence-electron chi connectivity index (χ2n) is 10.8. The molecule has 2 aromatic carbocycles. The molecule has 1 heterocycles. The van der Waals surface area contributed by atoms with Crippen molar-refractivity contribution in [2.75, 3.05) is 13.1 Å². The number of allylic oxidation sites excluding steroid dienone is 2. The molecule has 1 fully saturated rings. The van der Waals surface area contributed by atoms with Gasteiger partial charge in [-0.05, 0) is 60.2 Å². The van der Waals surface area contributed by atoms with Crippen LogP contribution in [0.25, 0.3) is 5.57 Å². The molecule has 176 valence electrons. The Morgan fingerprint density at radius 2 is 1.59 bits per heavy atom. The van der Waals surface area contributed by atoms with E-state index >= 15 is 0 Å². The molecule has 2 aromatic rings. The van der Waals surface area contributed by atoms with Gasteiger partial charge < -0.3 is 10.0 Å². The van der Waals surface area contributed by atoms with Gasteiger partial charge in [-0.15, -0.1) is 0 Å². The van der Waals surface area contributed by atoms with Crippen LogP contribution < -0.4 is 0 Å². The second kappa shape index (κ2) is 7.84. The van der Waals surface area contributed by atoms with Crippen LogP contribution in [0.1, 0.15) is 61.5 Å². The molecule has 1 saturated carbocycles. The van der Waals surface area contributed by atoms with Crippen molar-refractivity contribution in [3.63, 3.8) is 0 Å². The topological polar surface area (TPSA) is 57.6 Å². The van der Waals surface area contributed by atoms with E-state index in [4.69, 9.17) is 11.6 Å². The summed E-state index contributed by atoms with van der Waals surface area (Å²) < 4.78 is 0. The summed E-state index contributed by atoms with van der Waals surface area (Å²) in [5, 5.41) is 9.92. The van der Waals surface area contributed by atoms with Crippen LogP contribution in [-0.2, 0) is 10.2 Å². The van der Waals surface area contributed by atoms with Crippen molar-refractivity contribution in [3.8, 4) is 0 Å². The zero-order valence-electron chi connectivity index (χ0n) is 19.9. The lowest BCUT2D eigenvalue weighted by atomic mass is 9.58. The van der Waals surface area contributed by atoms with Crippen LogP contribution in [0.15, 0.2) is 66.3 Å². The number of rotatable bonds is 4. The maximum atomic E-state index is 13.7. The number of amides is 1. The molecular weight excluding hydrogens is 446 g/mol. The predicted molar refractivity (Wildman–Crippen MR) is 135 cm³/mol. The van der Waals surface area contributed by atoms with E-state index in [9.17, 15) is 14.7 Å². The standard InChI is InChI=1S/C29H30ClNO3/c1-27(2)23(19-4-6-20(7-5-19)25(32)33)12-14-28(3)18-31(17-13-24(27)28)26(34)29(15-16-29)21-8-10-22(30)11-9-21/h4-13H,14-18H2,1-3H3,(H,32,33)/t28-/m1/s1. The molecule has 0 aromatic heterocycles. The van der Waals surface area contributed by atoms with Crippen molar-refractivity contribution in [3.05, 3.63) is 88.0 Å². The number of hydrogen-bond acceptors (Lipinski definition) is 2. The highest BCUT2D eigenvalue weighted by Crippen LogP contribution is 2.56. The molecule has 1 amide bonds. The molecule has 1 N–H and O–H groups in total. The fraction of sp³-hybridized carbons (Fsp3) is 0.379. The molecule has 0 unspecified atom stereocenters. The summed E-state index contributed by atoms with van der Waals surface area (Å²) in [5.41, 5.74) is 4.26. The molecule has 34 heavy (non-hydrogen) atoms. The number of fused-ring (bicyclic) bond motifs is 1. The molecule has 2 aliphatic carbocycles. The second-order valence-corrected chi connectivity index (χ2v) is 11.2. The van der Waals surface area contributed by atoms with Gasteiger partial charge in [0.25, 0.3) is 0 Å². The first-order valence-electron chi connectivity index (χ1n) is 11.9. The Labute approximate surface area is 205 Å². The van der Waals surface area contributed by atoms with E-state index in [0.717, 1.165) is 30.4 Å². The summed E-state index contributed by atoms with van der Waals surface area (Å²) in [4.78, 5) is 27.0. The Balaban J connectivity index is 1.41. The van der Waals surface area contributed by atoms with Gasteiger partial charge >= 0.3 is 5.97 Å². The first-order valence-corrected chi connectivity index (χ1v) is 12.3. The summed E-state index contributed by atoms with van der Waals surface area (Å²) in [6.45, 7) is 8.07. The van der Waals surface area contributed by atoms with E-state index in [1.54, 1.807) is 12.1 Å². The SMILES string of the molecule is CC1(C)C(c2ccc(C(=O)O)cc2)=CC[C@]2(C)CN(C(=O)C3(c4ccc(Cl)cc4)CC3)CC=C12. The molecule has 4 nitrogen and oxygen atoms in total. The number of benzene rings is 2.